The Balaban J connectivity index is 0.837. The van der Waals surface area contributed by atoms with E-state index in [1.54, 1.807) is 9.75 Å². The van der Waals surface area contributed by atoms with Crippen LogP contribution in [0.3, 0.4) is 0 Å². The van der Waals surface area contributed by atoms with Crippen molar-refractivity contribution < 1.29 is 0 Å². The number of benzene rings is 4. The van der Waals surface area contributed by atoms with Gasteiger partial charge in [0.2, 0.25) is 0 Å². The van der Waals surface area contributed by atoms with Gasteiger partial charge in [-0.05, 0) is 84.4 Å². The first-order valence-corrected chi connectivity index (χ1v) is 20.2. The van der Waals surface area contributed by atoms with Gasteiger partial charge in [0.25, 0.3) is 0 Å². The summed E-state index contributed by atoms with van der Waals surface area (Å²) in [5.74, 6) is 1.41. The molecule has 2 aromatic heterocycles. The molecule has 6 aromatic rings. The molecule has 4 heterocycles. The summed E-state index contributed by atoms with van der Waals surface area (Å²) >= 11 is 8.38. The van der Waals surface area contributed by atoms with Gasteiger partial charge < -0.3 is 0 Å². The highest BCUT2D eigenvalue weighted by molar-refractivity contribution is 8.01. The highest BCUT2D eigenvalue weighted by atomic mass is 32.2. The molecule has 0 spiro atoms. The van der Waals surface area contributed by atoms with Crippen LogP contribution in [0.15, 0.2) is 119 Å². The third-order valence-electron chi connectivity index (χ3n) is 10.1. The summed E-state index contributed by atoms with van der Waals surface area (Å²) in [5.41, 5.74) is 10.2. The molecule has 1 fully saturated rings. The maximum absolute atomic E-state index is 2.45. The molecule has 4 heteroatoms. The van der Waals surface area contributed by atoms with E-state index in [0.717, 1.165) is 10.5 Å². The normalized spacial score (nSPS) is 21.0. The molecular formula is C44H36S4. The SMILES string of the molecule is Cc1ccc(-c2ccc(/C=C/c3cc4c(s3)C3CC5Sc6cc(/C=C/c7ccc(-c8ccc(C)cc8)cc7)sc6C5CC3S4)cc2)cc1. The monoisotopic (exact) mass is 692 g/mol. The Hall–Kier alpha value is -3.54. The van der Waals surface area contributed by atoms with Gasteiger partial charge in [0.15, 0.2) is 0 Å². The minimum Gasteiger partial charge on any atom is -0.139 e. The third kappa shape index (κ3) is 5.98. The van der Waals surface area contributed by atoms with Crippen LogP contribution in [0.25, 0.3) is 46.6 Å². The lowest BCUT2D eigenvalue weighted by molar-refractivity contribution is 0.435. The van der Waals surface area contributed by atoms with Gasteiger partial charge in [0.05, 0.1) is 0 Å². The molecule has 0 saturated heterocycles. The number of hydrogen-bond donors (Lipinski definition) is 0. The van der Waals surface area contributed by atoms with Crippen molar-refractivity contribution in [2.45, 2.75) is 58.8 Å². The highest BCUT2D eigenvalue weighted by Crippen LogP contribution is 2.64. The van der Waals surface area contributed by atoms with E-state index < -0.39 is 0 Å². The van der Waals surface area contributed by atoms with E-state index >= 15 is 0 Å². The first kappa shape index (κ1) is 30.5. The molecule has 0 amide bonds. The summed E-state index contributed by atoms with van der Waals surface area (Å²) in [7, 11) is 0. The molecule has 0 radical (unpaired) electrons. The average Bonchev–Trinajstić information content (AvgIpc) is 3.86. The fraction of sp³-hybridized carbons (Fsp3) is 0.182. The quantitative estimate of drug-likeness (QED) is 0.170. The molecule has 1 saturated carbocycles. The molecule has 2 aliphatic heterocycles. The van der Waals surface area contributed by atoms with E-state index in [4.69, 9.17) is 0 Å². The van der Waals surface area contributed by atoms with Crippen molar-refractivity contribution in [3.05, 3.63) is 151 Å². The fourth-order valence-corrected chi connectivity index (χ4v) is 13.5. The Labute approximate surface area is 300 Å². The molecule has 9 rings (SSSR count). The zero-order chi connectivity index (χ0) is 32.2. The van der Waals surface area contributed by atoms with Gasteiger partial charge in [0.1, 0.15) is 0 Å². The number of hydrogen-bond acceptors (Lipinski definition) is 4. The van der Waals surface area contributed by atoms with Gasteiger partial charge in [-0.3, -0.25) is 0 Å². The van der Waals surface area contributed by atoms with Crippen LogP contribution in [0, 0.1) is 13.8 Å². The van der Waals surface area contributed by atoms with Gasteiger partial charge in [-0.2, -0.15) is 0 Å². The third-order valence-corrected chi connectivity index (χ3v) is 15.6. The zero-order valence-corrected chi connectivity index (χ0v) is 30.3. The predicted octanol–water partition coefficient (Wildman–Crippen LogP) is 13.7. The van der Waals surface area contributed by atoms with Gasteiger partial charge >= 0.3 is 0 Å². The Morgan fingerprint density at radius 3 is 1.19 bits per heavy atom. The molecule has 0 bridgehead atoms. The molecule has 0 N–H and O–H groups in total. The number of thiophene rings is 2. The highest BCUT2D eigenvalue weighted by Gasteiger charge is 2.48. The minimum absolute atomic E-state index is 0.705. The Morgan fingerprint density at radius 1 is 0.458 bits per heavy atom. The van der Waals surface area contributed by atoms with E-state index in [0.29, 0.717) is 11.8 Å². The van der Waals surface area contributed by atoms with Crippen LogP contribution in [-0.4, -0.2) is 10.5 Å². The number of rotatable bonds is 6. The summed E-state index contributed by atoms with van der Waals surface area (Å²) in [6, 6.07) is 40.4. The van der Waals surface area contributed by atoms with E-state index in [1.165, 1.54) is 76.9 Å². The van der Waals surface area contributed by atoms with Gasteiger partial charge in [-0.1, -0.05) is 120 Å². The van der Waals surface area contributed by atoms with Gasteiger partial charge in [-0.25, -0.2) is 0 Å². The van der Waals surface area contributed by atoms with Crippen molar-refractivity contribution in [3.63, 3.8) is 0 Å². The van der Waals surface area contributed by atoms with Crippen LogP contribution < -0.4 is 0 Å². The number of fused-ring (bicyclic) bond motifs is 6. The van der Waals surface area contributed by atoms with Crippen molar-refractivity contribution >= 4 is 70.5 Å². The van der Waals surface area contributed by atoms with Gasteiger partial charge in [-0.15, -0.1) is 46.2 Å². The van der Waals surface area contributed by atoms with E-state index in [9.17, 15) is 0 Å². The lowest BCUT2D eigenvalue weighted by Crippen LogP contribution is -2.28. The van der Waals surface area contributed by atoms with Crippen molar-refractivity contribution in [3.8, 4) is 22.3 Å². The molecular weight excluding hydrogens is 657 g/mol. The van der Waals surface area contributed by atoms with Crippen LogP contribution in [0.4, 0.5) is 0 Å². The average molecular weight is 693 g/mol. The fourth-order valence-electron chi connectivity index (χ4n) is 7.37. The summed E-state index contributed by atoms with van der Waals surface area (Å²) in [6.07, 6.45) is 11.8. The van der Waals surface area contributed by atoms with Crippen molar-refractivity contribution in [1.82, 2.24) is 0 Å². The molecule has 3 aliphatic rings. The maximum Gasteiger partial charge on any atom is 0.0285 e. The smallest absolute Gasteiger partial charge is 0.0285 e. The largest absolute Gasteiger partial charge is 0.139 e. The Morgan fingerprint density at radius 2 is 0.812 bits per heavy atom. The summed E-state index contributed by atoms with van der Waals surface area (Å²) in [4.78, 5) is 9.14. The Kier molecular flexibility index (Phi) is 8.09. The summed E-state index contributed by atoms with van der Waals surface area (Å²) in [5, 5.41) is 1.44. The molecule has 4 aromatic carbocycles. The van der Waals surface area contributed by atoms with Crippen LogP contribution >= 0.6 is 46.2 Å². The predicted molar refractivity (Wildman–Crippen MR) is 214 cm³/mol. The first-order chi connectivity index (χ1) is 23.5. The second-order valence-electron chi connectivity index (χ2n) is 13.4. The minimum atomic E-state index is 0.705. The molecule has 4 unspecified atom stereocenters. The molecule has 48 heavy (non-hydrogen) atoms. The van der Waals surface area contributed by atoms with Crippen LogP contribution in [0.5, 0.6) is 0 Å². The number of thioether (sulfide) groups is 2. The lowest BCUT2D eigenvalue weighted by Gasteiger charge is -2.33. The van der Waals surface area contributed by atoms with E-state index in [1.807, 2.05) is 22.7 Å². The Bertz CT molecular complexity index is 1980. The van der Waals surface area contributed by atoms with E-state index in [2.05, 4.69) is 171 Å². The molecule has 1 aliphatic carbocycles. The first-order valence-electron chi connectivity index (χ1n) is 16.8. The van der Waals surface area contributed by atoms with Crippen LogP contribution in [-0.2, 0) is 0 Å². The standard InChI is InChI=1S/C44H36S4/c1-27-3-13-31(14-4-27)33-17-7-29(8-18-33)11-21-35-23-41-43(45-35)37-25-40-38(26-39(37)47-41)44-42(48-40)24-36(46-44)22-12-30-9-19-34(20-10-30)32-15-5-28(2)6-16-32/h3-24,37-40H,25-26H2,1-2H3/b21-11+,22-12+. The van der Waals surface area contributed by atoms with Crippen molar-refractivity contribution in [1.29, 1.82) is 0 Å². The van der Waals surface area contributed by atoms with Crippen LogP contribution in [0.1, 0.15) is 66.4 Å². The summed E-state index contributed by atoms with van der Waals surface area (Å²) < 4.78 is 0. The van der Waals surface area contributed by atoms with Crippen molar-refractivity contribution in [2.75, 3.05) is 0 Å². The molecule has 0 nitrogen and oxygen atoms in total. The van der Waals surface area contributed by atoms with Crippen molar-refractivity contribution in [2.24, 2.45) is 0 Å². The lowest BCUT2D eigenvalue weighted by atomic mass is 9.80. The summed E-state index contributed by atoms with van der Waals surface area (Å²) in [6.45, 7) is 4.27. The molecule has 236 valence electrons. The van der Waals surface area contributed by atoms with Gasteiger partial charge in [0, 0.05) is 51.6 Å². The second kappa shape index (κ2) is 12.7. The second-order valence-corrected chi connectivity index (χ2v) is 18.2. The topological polar surface area (TPSA) is 0 Å². The van der Waals surface area contributed by atoms with Crippen LogP contribution in [0.2, 0.25) is 0 Å². The number of aryl methyl sites for hydroxylation is 2. The molecule has 4 atom stereocenters. The van der Waals surface area contributed by atoms with E-state index in [-0.39, 0.29) is 0 Å². The maximum atomic E-state index is 2.45. The zero-order valence-electron chi connectivity index (χ0n) is 27.1.